The Kier molecular flexibility index (Phi) is 7.12. The molecule has 1 heterocycles. The van der Waals surface area contributed by atoms with Gasteiger partial charge in [-0.05, 0) is 43.7 Å². The number of carbonyl (C=O) groups excluding carboxylic acids is 1. The minimum Gasteiger partial charge on any atom is -0.487 e. The van der Waals surface area contributed by atoms with Gasteiger partial charge in [0.2, 0.25) is 5.91 Å². The highest BCUT2D eigenvalue weighted by Gasteiger charge is 2.30. The summed E-state index contributed by atoms with van der Waals surface area (Å²) in [5.41, 5.74) is 1.16. The van der Waals surface area contributed by atoms with E-state index in [1.165, 1.54) is 12.1 Å². The number of rotatable bonds is 7. The van der Waals surface area contributed by atoms with Crippen LogP contribution in [0.15, 0.2) is 60.0 Å². The molecule has 0 aliphatic heterocycles. The largest absolute Gasteiger partial charge is 0.487 e. The van der Waals surface area contributed by atoms with Crippen molar-refractivity contribution in [3.63, 3.8) is 0 Å². The Bertz CT molecular complexity index is 1080. The molecular weight excluding hydrogens is 425 g/mol. The van der Waals surface area contributed by atoms with E-state index in [-0.39, 0.29) is 0 Å². The monoisotopic (exact) mass is 446 g/mol. The average Bonchev–Trinajstić information content (AvgIpc) is 3.16. The van der Waals surface area contributed by atoms with E-state index in [4.69, 9.17) is 4.74 Å². The van der Waals surface area contributed by atoms with Crippen LogP contribution in [-0.2, 0) is 17.6 Å². The maximum Gasteiger partial charge on any atom is 0.416 e. The van der Waals surface area contributed by atoms with E-state index in [2.05, 4.69) is 10.3 Å². The van der Waals surface area contributed by atoms with Crippen molar-refractivity contribution in [2.75, 3.05) is 0 Å². The van der Waals surface area contributed by atoms with Gasteiger partial charge in [-0.3, -0.25) is 4.79 Å². The van der Waals surface area contributed by atoms with Gasteiger partial charge in [0.05, 0.1) is 22.3 Å². The van der Waals surface area contributed by atoms with E-state index in [0.29, 0.717) is 23.5 Å². The second-order valence-electron chi connectivity index (χ2n) is 6.87. The fourth-order valence-electron chi connectivity index (χ4n) is 2.87. The molecule has 0 aliphatic carbocycles. The zero-order chi connectivity index (χ0) is 22.4. The lowest BCUT2D eigenvalue weighted by Gasteiger charge is -2.15. The third-order valence-corrected chi connectivity index (χ3v) is 5.27. The van der Waals surface area contributed by atoms with Crippen molar-refractivity contribution in [3.05, 3.63) is 87.4 Å². The lowest BCUT2D eigenvalue weighted by molar-refractivity contribution is -0.137. The molecule has 0 aliphatic rings. The fraction of sp³-hybridized carbons (Fsp3) is 0.217. The molecule has 3 rings (SSSR count). The quantitative estimate of drug-likeness (QED) is 0.457. The fourth-order valence-corrected chi connectivity index (χ4v) is 3.47. The van der Waals surface area contributed by atoms with E-state index in [9.17, 15) is 18.0 Å². The molecule has 0 radical (unpaired) electrons. The Balaban J connectivity index is 1.63. The van der Waals surface area contributed by atoms with Crippen LogP contribution in [0.25, 0.3) is 6.08 Å². The zero-order valence-corrected chi connectivity index (χ0v) is 17.8. The van der Waals surface area contributed by atoms with Crippen LogP contribution in [-0.4, -0.2) is 10.9 Å². The van der Waals surface area contributed by atoms with Crippen molar-refractivity contribution in [2.24, 2.45) is 0 Å². The third kappa shape index (κ3) is 6.42. The van der Waals surface area contributed by atoms with Crippen molar-refractivity contribution < 1.29 is 22.7 Å². The van der Waals surface area contributed by atoms with Crippen LogP contribution in [0.4, 0.5) is 13.2 Å². The van der Waals surface area contributed by atoms with Gasteiger partial charge in [-0.2, -0.15) is 13.2 Å². The number of thiazole rings is 1. The highest BCUT2D eigenvalue weighted by atomic mass is 32.1. The molecule has 1 unspecified atom stereocenters. The van der Waals surface area contributed by atoms with Crippen molar-refractivity contribution in [1.29, 1.82) is 0 Å². The van der Waals surface area contributed by atoms with Gasteiger partial charge in [-0.15, -0.1) is 11.3 Å². The summed E-state index contributed by atoms with van der Waals surface area (Å²) in [6, 6.07) is 11.6. The molecule has 0 fully saturated rings. The molecule has 0 saturated carbocycles. The molecular formula is C23H21F3N2O2S. The van der Waals surface area contributed by atoms with Crippen molar-refractivity contribution >= 4 is 23.3 Å². The Morgan fingerprint density at radius 2 is 2.00 bits per heavy atom. The molecule has 1 amide bonds. The Labute approximate surface area is 182 Å². The Morgan fingerprint density at radius 3 is 2.71 bits per heavy atom. The number of aryl methyl sites for hydroxylation is 1. The zero-order valence-electron chi connectivity index (χ0n) is 16.9. The number of halogens is 3. The standard InChI is InChI=1S/C23H21F3N2O2S/c1-15(18-7-5-8-19(12-18)23(24,25)26)27-22(29)11-10-17-6-3-4-9-21(17)30-13-20-14-31-16(2)28-20/h3-12,14-15H,13H2,1-2H3,(H,27,29)/b11-10+. The van der Waals surface area contributed by atoms with Gasteiger partial charge in [0, 0.05) is 17.0 Å². The van der Waals surface area contributed by atoms with Crippen LogP contribution in [0.1, 0.15) is 40.4 Å². The van der Waals surface area contributed by atoms with Crippen molar-refractivity contribution in [3.8, 4) is 5.75 Å². The van der Waals surface area contributed by atoms with Gasteiger partial charge < -0.3 is 10.1 Å². The summed E-state index contributed by atoms with van der Waals surface area (Å²) in [5, 5.41) is 5.57. The number of aromatic nitrogens is 1. The highest BCUT2D eigenvalue weighted by molar-refractivity contribution is 7.09. The van der Waals surface area contributed by atoms with Crippen LogP contribution in [0.2, 0.25) is 0 Å². The summed E-state index contributed by atoms with van der Waals surface area (Å²) in [4.78, 5) is 16.7. The van der Waals surface area contributed by atoms with Gasteiger partial charge >= 0.3 is 6.18 Å². The normalized spacial score (nSPS) is 12.7. The summed E-state index contributed by atoms with van der Waals surface area (Å²) < 4.78 is 44.5. The van der Waals surface area contributed by atoms with Gasteiger partial charge in [0.15, 0.2) is 0 Å². The first-order valence-corrected chi connectivity index (χ1v) is 10.4. The van der Waals surface area contributed by atoms with Gasteiger partial charge in [0.25, 0.3) is 0 Å². The van der Waals surface area contributed by atoms with E-state index in [1.807, 2.05) is 30.5 Å². The van der Waals surface area contributed by atoms with Crippen molar-refractivity contribution in [1.82, 2.24) is 10.3 Å². The molecule has 0 saturated heterocycles. The number of hydrogen-bond donors (Lipinski definition) is 1. The number of alkyl halides is 3. The second kappa shape index (κ2) is 9.78. The van der Waals surface area contributed by atoms with Crippen molar-refractivity contribution in [2.45, 2.75) is 32.7 Å². The molecule has 0 spiro atoms. The minimum atomic E-state index is -4.43. The molecule has 2 aromatic carbocycles. The average molecular weight is 446 g/mol. The SMILES string of the molecule is Cc1nc(COc2ccccc2/C=C/C(=O)NC(C)c2cccc(C(F)(F)F)c2)cs1. The summed E-state index contributed by atoms with van der Waals surface area (Å²) in [6.07, 6.45) is -1.49. The minimum absolute atomic E-state index is 0.313. The van der Waals surface area contributed by atoms with Crippen LogP contribution in [0.3, 0.4) is 0 Å². The van der Waals surface area contributed by atoms with Gasteiger partial charge in [-0.1, -0.05) is 30.3 Å². The maximum atomic E-state index is 12.9. The Morgan fingerprint density at radius 1 is 1.23 bits per heavy atom. The predicted octanol–water partition coefficient (Wildman–Crippen LogP) is 5.94. The highest BCUT2D eigenvalue weighted by Crippen LogP contribution is 2.30. The molecule has 3 aromatic rings. The first kappa shape index (κ1) is 22.6. The molecule has 0 bridgehead atoms. The molecule has 4 nitrogen and oxygen atoms in total. The number of nitrogens with one attached hydrogen (secondary N) is 1. The smallest absolute Gasteiger partial charge is 0.416 e. The van der Waals surface area contributed by atoms with E-state index < -0.39 is 23.7 Å². The third-order valence-electron chi connectivity index (χ3n) is 4.45. The number of benzene rings is 2. The van der Waals surface area contributed by atoms with Crippen LogP contribution in [0, 0.1) is 6.92 Å². The molecule has 8 heteroatoms. The number of nitrogens with zero attached hydrogens (tertiary/aromatic N) is 1. The van der Waals surface area contributed by atoms with E-state index in [1.54, 1.807) is 36.5 Å². The van der Waals surface area contributed by atoms with E-state index in [0.717, 1.165) is 22.8 Å². The second-order valence-corrected chi connectivity index (χ2v) is 7.93. The lowest BCUT2D eigenvalue weighted by atomic mass is 10.0. The van der Waals surface area contributed by atoms with Crippen LogP contribution < -0.4 is 10.1 Å². The first-order valence-electron chi connectivity index (χ1n) is 9.51. The summed E-state index contributed by atoms with van der Waals surface area (Å²) in [6.45, 7) is 3.87. The topological polar surface area (TPSA) is 51.2 Å². The summed E-state index contributed by atoms with van der Waals surface area (Å²) in [5.74, 6) is 0.179. The number of amides is 1. The molecule has 1 atom stereocenters. The molecule has 1 N–H and O–H groups in total. The first-order chi connectivity index (χ1) is 14.7. The molecule has 162 valence electrons. The molecule has 31 heavy (non-hydrogen) atoms. The Hall–Kier alpha value is -3.13. The number of ether oxygens (including phenoxy) is 1. The number of hydrogen-bond acceptors (Lipinski definition) is 4. The summed E-state index contributed by atoms with van der Waals surface area (Å²) in [7, 11) is 0. The van der Waals surface area contributed by atoms with Crippen LogP contribution >= 0.6 is 11.3 Å². The number of para-hydroxylation sites is 1. The lowest BCUT2D eigenvalue weighted by Crippen LogP contribution is -2.24. The van der Waals surface area contributed by atoms with Gasteiger partial charge in [-0.25, -0.2) is 4.98 Å². The predicted molar refractivity (Wildman–Crippen MR) is 115 cm³/mol. The molecule has 1 aromatic heterocycles. The van der Waals surface area contributed by atoms with Crippen LogP contribution in [0.5, 0.6) is 5.75 Å². The summed E-state index contributed by atoms with van der Waals surface area (Å²) >= 11 is 1.54. The van der Waals surface area contributed by atoms with Gasteiger partial charge in [0.1, 0.15) is 12.4 Å². The number of carbonyl (C=O) groups is 1. The van der Waals surface area contributed by atoms with E-state index >= 15 is 0 Å². The maximum absolute atomic E-state index is 12.9.